The van der Waals surface area contributed by atoms with Crippen LogP contribution in [0.25, 0.3) is 0 Å². The lowest BCUT2D eigenvalue weighted by molar-refractivity contribution is -0.384. The van der Waals surface area contributed by atoms with Gasteiger partial charge in [-0.2, -0.15) is 13.5 Å². The summed E-state index contributed by atoms with van der Waals surface area (Å²) in [5, 5.41) is 10.0. The van der Waals surface area contributed by atoms with Gasteiger partial charge in [0.25, 0.3) is 5.69 Å². The zero-order chi connectivity index (χ0) is 15.1. The number of alkyl halides is 1. The van der Waals surface area contributed by atoms with Gasteiger partial charge >= 0.3 is 0 Å². The van der Waals surface area contributed by atoms with Gasteiger partial charge < -0.3 is 4.74 Å². The summed E-state index contributed by atoms with van der Waals surface area (Å²) in [6.45, 7) is 4.17. The molecule has 1 saturated heterocycles. The summed E-state index contributed by atoms with van der Waals surface area (Å²) in [5.74, 6) is 0.827. The molecular formula is C15H26ClNO3S. The highest BCUT2D eigenvalue weighted by molar-refractivity contribution is 7.59. The van der Waals surface area contributed by atoms with Crippen molar-refractivity contribution < 1.29 is 9.66 Å². The van der Waals surface area contributed by atoms with Crippen LogP contribution in [0.4, 0.5) is 5.69 Å². The van der Waals surface area contributed by atoms with E-state index in [2.05, 4.69) is 6.92 Å². The Hall–Kier alpha value is -0.780. The van der Waals surface area contributed by atoms with Crippen LogP contribution in [0.1, 0.15) is 39.0 Å². The quantitative estimate of drug-likeness (QED) is 0.339. The molecule has 0 atom stereocenters. The van der Waals surface area contributed by atoms with Crippen LogP contribution in [-0.4, -0.2) is 24.0 Å². The van der Waals surface area contributed by atoms with E-state index in [0.717, 1.165) is 19.1 Å². The summed E-state index contributed by atoms with van der Waals surface area (Å²) in [4.78, 5) is 9.59. The lowest BCUT2D eigenvalue weighted by Gasteiger charge is -1.85. The molecule has 2 rings (SSSR count). The van der Waals surface area contributed by atoms with Gasteiger partial charge in [-0.1, -0.05) is 38.0 Å². The fourth-order valence-corrected chi connectivity index (χ4v) is 1.59. The maximum Gasteiger partial charge on any atom is 0.269 e. The first-order valence-corrected chi connectivity index (χ1v) is 7.59. The number of halogens is 1. The number of non-ortho nitro benzene ring substituents is 1. The molecule has 1 aliphatic heterocycles. The van der Waals surface area contributed by atoms with Gasteiger partial charge in [-0.05, 0) is 19.3 Å². The van der Waals surface area contributed by atoms with Crippen LogP contribution in [0, 0.1) is 10.1 Å². The normalized spacial score (nSPS) is 12.1. The average molecular weight is 336 g/mol. The highest BCUT2D eigenvalue weighted by atomic mass is 35.5. The topological polar surface area (TPSA) is 52.4 Å². The van der Waals surface area contributed by atoms with Gasteiger partial charge in [0.15, 0.2) is 0 Å². The van der Waals surface area contributed by atoms with Crippen molar-refractivity contribution in [1.29, 1.82) is 0 Å². The molecule has 0 bridgehead atoms. The van der Waals surface area contributed by atoms with Crippen molar-refractivity contribution in [3.05, 3.63) is 40.4 Å². The van der Waals surface area contributed by atoms with Gasteiger partial charge in [-0.3, -0.25) is 10.1 Å². The molecule has 0 radical (unpaired) electrons. The number of ether oxygens (including phenoxy) is 1. The van der Waals surface area contributed by atoms with Gasteiger partial charge in [0.1, 0.15) is 0 Å². The summed E-state index contributed by atoms with van der Waals surface area (Å²) < 4.78 is 4.94. The first kappa shape index (κ1) is 22.5. The van der Waals surface area contributed by atoms with Gasteiger partial charge in [-0.15, -0.1) is 11.6 Å². The van der Waals surface area contributed by atoms with Crippen LogP contribution < -0.4 is 0 Å². The Balaban J connectivity index is 0. The molecule has 122 valence electrons. The molecule has 1 fully saturated rings. The Bertz CT molecular complexity index is 323. The first-order chi connectivity index (χ1) is 9.72. The molecule has 1 aromatic carbocycles. The Labute approximate surface area is 139 Å². The molecule has 0 unspecified atom stereocenters. The fraction of sp³-hybridized carbons (Fsp3) is 0.600. The maximum absolute atomic E-state index is 10.0. The molecule has 0 aliphatic carbocycles. The standard InChI is InChI=1S/C6H5NO2.C5H11Cl.C4H8O.H2S/c8-7(9)6-4-2-1-3-5-6;1-2-3-4-5-6;1-2-4-5-3-1;/h1-5H;2-5H2,1H3;1-4H2;1H2. The van der Waals surface area contributed by atoms with E-state index in [1.165, 1.54) is 44.2 Å². The summed E-state index contributed by atoms with van der Waals surface area (Å²) in [6.07, 6.45) is 6.29. The third-order valence-electron chi connectivity index (χ3n) is 2.53. The van der Waals surface area contributed by atoms with Gasteiger partial charge in [0.2, 0.25) is 0 Å². The van der Waals surface area contributed by atoms with E-state index in [1.54, 1.807) is 18.2 Å². The lowest BCUT2D eigenvalue weighted by Crippen LogP contribution is -1.84. The third kappa shape index (κ3) is 15.4. The van der Waals surface area contributed by atoms with Crippen molar-refractivity contribution in [2.75, 3.05) is 19.1 Å². The number of nitro groups is 1. The second kappa shape index (κ2) is 17.3. The van der Waals surface area contributed by atoms with Gasteiger partial charge in [-0.25, -0.2) is 0 Å². The van der Waals surface area contributed by atoms with E-state index in [4.69, 9.17) is 16.3 Å². The highest BCUT2D eigenvalue weighted by Gasteiger charge is 1.98. The van der Waals surface area contributed by atoms with E-state index < -0.39 is 4.92 Å². The SMILES string of the molecule is C1CCOC1.CCCCCCl.O=[N+]([O-])c1ccccc1.S. The van der Waals surface area contributed by atoms with E-state index >= 15 is 0 Å². The molecule has 6 heteroatoms. The Morgan fingerprint density at radius 1 is 1.19 bits per heavy atom. The van der Waals surface area contributed by atoms with E-state index in [9.17, 15) is 10.1 Å². The predicted molar refractivity (Wildman–Crippen MR) is 93.8 cm³/mol. The fourth-order valence-electron chi connectivity index (χ4n) is 1.40. The molecular weight excluding hydrogens is 310 g/mol. The average Bonchev–Trinajstić information content (AvgIpc) is 3.06. The minimum Gasteiger partial charge on any atom is -0.381 e. The molecule has 0 N–H and O–H groups in total. The van der Waals surface area contributed by atoms with Crippen LogP contribution >= 0.6 is 25.1 Å². The zero-order valence-corrected chi connectivity index (χ0v) is 14.3. The number of nitro benzene ring substituents is 1. The van der Waals surface area contributed by atoms with Crippen molar-refractivity contribution in [3.8, 4) is 0 Å². The number of hydrogen-bond acceptors (Lipinski definition) is 3. The molecule has 1 heterocycles. The van der Waals surface area contributed by atoms with Crippen LogP contribution in [0.3, 0.4) is 0 Å². The largest absolute Gasteiger partial charge is 0.381 e. The predicted octanol–water partition coefficient (Wildman–Crippen LogP) is 4.92. The van der Waals surface area contributed by atoms with Crippen LogP contribution in [0.5, 0.6) is 0 Å². The molecule has 1 aliphatic rings. The second-order valence-electron chi connectivity index (χ2n) is 4.31. The van der Waals surface area contributed by atoms with Crippen LogP contribution in [-0.2, 0) is 4.74 Å². The number of nitrogens with zero attached hydrogens (tertiary/aromatic N) is 1. The molecule has 0 amide bonds. The molecule has 1 aromatic rings. The minimum atomic E-state index is -0.417. The van der Waals surface area contributed by atoms with Crippen molar-refractivity contribution in [1.82, 2.24) is 0 Å². The smallest absolute Gasteiger partial charge is 0.269 e. The van der Waals surface area contributed by atoms with Crippen molar-refractivity contribution >= 4 is 30.8 Å². The lowest BCUT2D eigenvalue weighted by atomic mass is 10.3. The third-order valence-corrected chi connectivity index (χ3v) is 2.80. The summed E-state index contributed by atoms with van der Waals surface area (Å²) in [6, 6.07) is 7.93. The van der Waals surface area contributed by atoms with E-state index in [0.29, 0.717) is 0 Å². The van der Waals surface area contributed by atoms with Crippen LogP contribution in [0.2, 0.25) is 0 Å². The Morgan fingerprint density at radius 2 is 1.76 bits per heavy atom. The summed E-state index contributed by atoms with van der Waals surface area (Å²) in [7, 11) is 0. The van der Waals surface area contributed by atoms with E-state index in [-0.39, 0.29) is 19.2 Å². The molecule has 0 aromatic heterocycles. The maximum atomic E-state index is 10.0. The minimum absolute atomic E-state index is 0. The number of para-hydroxylation sites is 1. The number of rotatable bonds is 4. The first-order valence-electron chi connectivity index (χ1n) is 7.05. The molecule has 21 heavy (non-hydrogen) atoms. The van der Waals surface area contributed by atoms with Crippen molar-refractivity contribution in [2.24, 2.45) is 0 Å². The number of benzene rings is 1. The highest BCUT2D eigenvalue weighted by Crippen LogP contribution is 2.06. The number of unbranched alkanes of at least 4 members (excludes halogenated alkanes) is 2. The van der Waals surface area contributed by atoms with Crippen molar-refractivity contribution in [3.63, 3.8) is 0 Å². The second-order valence-corrected chi connectivity index (χ2v) is 4.69. The molecule has 4 nitrogen and oxygen atoms in total. The summed E-state index contributed by atoms with van der Waals surface area (Å²) in [5.41, 5.74) is 0.137. The summed E-state index contributed by atoms with van der Waals surface area (Å²) >= 11 is 5.38. The monoisotopic (exact) mass is 335 g/mol. The zero-order valence-electron chi connectivity index (χ0n) is 12.6. The van der Waals surface area contributed by atoms with Gasteiger partial charge in [0, 0.05) is 31.2 Å². The number of hydrogen-bond donors (Lipinski definition) is 0. The Morgan fingerprint density at radius 3 is 2.00 bits per heavy atom. The van der Waals surface area contributed by atoms with E-state index in [1.807, 2.05) is 0 Å². The molecule has 0 spiro atoms. The molecule has 0 saturated carbocycles. The Kier molecular flexibility index (Phi) is 18.5. The van der Waals surface area contributed by atoms with Crippen LogP contribution in [0.15, 0.2) is 30.3 Å². The van der Waals surface area contributed by atoms with Crippen molar-refractivity contribution in [2.45, 2.75) is 39.0 Å². The van der Waals surface area contributed by atoms with Gasteiger partial charge in [0.05, 0.1) is 4.92 Å².